The van der Waals surface area contributed by atoms with Crippen LogP contribution in [0.3, 0.4) is 0 Å². The molecule has 0 N–H and O–H groups in total. The monoisotopic (exact) mass is 466 g/mol. The fourth-order valence-electron chi connectivity index (χ4n) is 4.24. The van der Waals surface area contributed by atoms with Gasteiger partial charge in [0.15, 0.2) is 0 Å². The number of hydrogen-bond donors (Lipinski definition) is 0. The van der Waals surface area contributed by atoms with Crippen molar-refractivity contribution < 1.29 is 23.8 Å². The molecular formula is C29H38O5. The second-order valence-electron chi connectivity index (χ2n) is 11.5. The van der Waals surface area contributed by atoms with Gasteiger partial charge in [0.25, 0.3) is 0 Å². The Bertz CT molecular complexity index is 1040. The molecule has 0 radical (unpaired) electrons. The molecule has 0 saturated carbocycles. The van der Waals surface area contributed by atoms with Crippen molar-refractivity contribution in [2.75, 3.05) is 13.2 Å². The van der Waals surface area contributed by atoms with Crippen LogP contribution in [0.15, 0.2) is 24.3 Å². The fourth-order valence-corrected chi connectivity index (χ4v) is 4.24. The van der Waals surface area contributed by atoms with Gasteiger partial charge in [-0.15, -0.1) is 0 Å². The molecule has 34 heavy (non-hydrogen) atoms. The molecule has 3 rings (SSSR count). The highest BCUT2D eigenvalue weighted by molar-refractivity contribution is 5.97. The van der Waals surface area contributed by atoms with Crippen molar-refractivity contribution in [3.8, 4) is 11.5 Å². The average molecular weight is 467 g/mol. The maximum Gasteiger partial charge on any atom is 0.341 e. The van der Waals surface area contributed by atoms with Gasteiger partial charge in [0.1, 0.15) is 22.6 Å². The molecule has 1 aliphatic rings. The van der Waals surface area contributed by atoms with Crippen LogP contribution in [0.25, 0.3) is 0 Å². The largest absolute Gasteiger partial charge is 0.462 e. The Hall–Kier alpha value is -2.82. The molecule has 1 heterocycles. The van der Waals surface area contributed by atoms with Crippen LogP contribution < -0.4 is 4.74 Å². The molecule has 0 saturated heterocycles. The van der Waals surface area contributed by atoms with Crippen molar-refractivity contribution in [1.82, 2.24) is 0 Å². The molecule has 5 heteroatoms. The first-order chi connectivity index (χ1) is 15.6. The van der Waals surface area contributed by atoms with E-state index < -0.39 is 17.4 Å². The normalized spacial score (nSPS) is 14.5. The molecule has 0 bridgehead atoms. The minimum atomic E-state index is -0.534. The van der Waals surface area contributed by atoms with E-state index in [1.807, 2.05) is 12.1 Å². The van der Waals surface area contributed by atoms with Crippen molar-refractivity contribution in [1.29, 1.82) is 0 Å². The zero-order valence-corrected chi connectivity index (χ0v) is 22.3. The van der Waals surface area contributed by atoms with Crippen LogP contribution in [0, 0.1) is 0 Å². The number of ether oxygens (including phenoxy) is 3. The minimum absolute atomic E-state index is 0.185. The first kappa shape index (κ1) is 25.8. The molecule has 0 spiro atoms. The smallest absolute Gasteiger partial charge is 0.341 e. The van der Waals surface area contributed by atoms with E-state index in [0.717, 1.165) is 22.3 Å². The summed E-state index contributed by atoms with van der Waals surface area (Å²) in [5, 5.41) is 0. The molecule has 0 aliphatic carbocycles. The van der Waals surface area contributed by atoms with Gasteiger partial charge in [-0.25, -0.2) is 9.59 Å². The van der Waals surface area contributed by atoms with E-state index in [-0.39, 0.29) is 24.0 Å². The van der Waals surface area contributed by atoms with Crippen molar-refractivity contribution in [2.45, 2.75) is 85.5 Å². The lowest BCUT2D eigenvalue weighted by molar-refractivity contribution is 0.0518. The van der Waals surface area contributed by atoms with Gasteiger partial charge in [0.05, 0.1) is 13.2 Å². The summed E-state index contributed by atoms with van der Waals surface area (Å²) in [5.74, 6) is 0.0113. The molecule has 0 amide bonds. The minimum Gasteiger partial charge on any atom is -0.462 e. The topological polar surface area (TPSA) is 61.8 Å². The number of rotatable bonds is 4. The van der Waals surface area contributed by atoms with Crippen molar-refractivity contribution in [2.24, 2.45) is 0 Å². The van der Waals surface area contributed by atoms with Crippen LogP contribution in [0.4, 0.5) is 0 Å². The van der Waals surface area contributed by atoms with E-state index in [0.29, 0.717) is 22.6 Å². The number of esters is 2. The first-order valence-corrected chi connectivity index (χ1v) is 12.0. The van der Waals surface area contributed by atoms with E-state index in [2.05, 4.69) is 67.5 Å². The summed E-state index contributed by atoms with van der Waals surface area (Å²) in [6, 6.07) is 7.94. The zero-order valence-electron chi connectivity index (χ0n) is 22.3. The van der Waals surface area contributed by atoms with Gasteiger partial charge in [-0.3, -0.25) is 0 Å². The Kier molecular flexibility index (Phi) is 6.64. The lowest BCUT2D eigenvalue weighted by Crippen LogP contribution is -2.29. The standard InChI is InChI=1S/C29H38O5/c1-11-32-25(30)19-13-17(27(3,4)5)15-21-23(19)34-24-20(26(31)33-12-2)14-18(28(6,7)8)16-22(24)29(21,9)10/h13-16H,11-12H2,1-10H3. The molecule has 2 aromatic carbocycles. The number of fused-ring (bicyclic) bond motifs is 2. The van der Waals surface area contributed by atoms with E-state index in [4.69, 9.17) is 14.2 Å². The quantitative estimate of drug-likeness (QED) is 0.451. The third-order valence-electron chi connectivity index (χ3n) is 6.45. The third-order valence-corrected chi connectivity index (χ3v) is 6.45. The summed E-state index contributed by atoms with van der Waals surface area (Å²) in [6.07, 6.45) is 0. The maximum absolute atomic E-state index is 13.0. The zero-order chi connectivity index (χ0) is 25.6. The summed E-state index contributed by atoms with van der Waals surface area (Å²) >= 11 is 0. The van der Waals surface area contributed by atoms with E-state index >= 15 is 0 Å². The SMILES string of the molecule is CCOC(=O)c1cc(C(C)(C)C)cc2c1Oc1c(C(=O)OCC)cc(C(C)(C)C)cc1C2(C)C. The fraction of sp³-hybridized carbons (Fsp3) is 0.517. The first-order valence-electron chi connectivity index (χ1n) is 12.0. The highest BCUT2D eigenvalue weighted by Gasteiger charge is 2.41. The highest BCUT2D eigenvalue weighted by atomic mass is 16.5. The molecule has 2 aromatic rings. The Balaban J connectivity index is 2.39. The van der Waals surface area contributed by atoms with Gasteiger partial charge < -0.3 is 14.2 Å². The lowest BCUT2D eigenvalue weighted by Gasteiger charge is -2.38. The predicted molar refractivity (Wildman–Crippen MR) is 134 cm³/mol. The van der Waals surface area contributed by atoms with Crippen LogP contribution in [-0.4, -0.2) is 25.2 Å². The molecule has 0 aromatic heterocycles. The second-order valence-corrected chi connectivity index (χ2v) is 11.5. The number of carbonyl (C=O) groups excluding carboxylic acids is 2. The van der Waals surface area contributed by atoms with Crippen molar-refractivity contribution in [3.05, 3.63) is 57.6 Å². The average Bonchev–Trinajstić information content (AvgIpc) is 2.71. The molecule has 184 valence electrons. The van der Waals surface area contributed by atoms with Crippen LogP contribution in [0.5, 0.6) is 11.5 Å². The molecule has 5 nitrogen and oxygen atoms in total. The van der Waals surface area contributed by atoms with E-state index in [1.165, 1.54) is 0 Å². The van der Waals surface area contributed by atoms with Crippen LogP contribution in [-0.2, 0) is 25.7 Å². The predicted octanol–water partition coefficient (Wildman–Crippen LogP) is 7.07. The van der Waals surface area contributed by atoms with Gasteiger partial charge in [-0.05, 0) is 47.9 Å². The Morgan fingerprint density at radius 2 is 1.09 bits per heavy atom. The van der Waals surface area contributed by atoms with Crippen LogP contribution in [0.1, 0.15) is 112 Å². The summed E-state index contributed by atoms with van der Waals surface area (Å²) in [6.45, 7) is 21.0. The molecule has 1 aliphatic heterocycles. The Labute approximate surface area is 203 Å². The van der Waals surface area contributed by atoms with Gasteiger partial charge in [0, 0.05) is 16.5 Å². The van der Waals surface area contributed by atoms with Crippen LogP contribution in [0.2, 0.25) is 0 Å². The number of carbonyl (C=O) groups is 2. The molecule has 0 atom stereocenters. The van der Waals surface area contributed by atoms with E-state index in [1.54, 1.807) is 13.8 Å². The summed E-state index contributed by atoms with van der Waals surface area (Å²) in [5.41, 5.74) is 3.68. The lowest BCUT2D eigenvalue weighted by atomic mass is 9.70. The summed E-state index contributed by atoms with van der Waals surface area (Å²) in [4.78, 5) is 26.1. The summed E-state index contributed by atoms with van der Waals surface area (Å²) in [7, 11) is 0. The molecule has 0 unspecified atom stereocenters. The van der Waals surface area contributed by atoms with Gasteiger partial charge >= 0.3 is 11.9 Å². The molecular weight excluding hydrogens is 428 g/mol. The van der Waals surface area contributed by atoms with Crippen molar-refractivity contribution in [3.63, 3.8) is 0 Å². The number of benzene rings is 2. The van der Waals surface area contributed by atoms with E-state index in [9.17, 15) is 9.59 Å². The Morgan fingerprint density at radius 1 is 0.735 bits per heavy atom. The number of hydrogen-bond acceptors (Lipinski definition) is 5. The van der Waals surface area contributed by atoms with Crippen molar-refractivity contribution >= 4 is 11.9 Å². The van der Waals surface area contributed by atoms with Gasteiger partial charge in [-0.2, -0.15) is 0 Å². The second kappa shape index (κ2) is 8.75. The van der Waals surface area contributed by atoms with Gasteiger partial charge in [0.2, 0.25) is 0 Å². The van der Waals surface area contributed by atoms with Gasteiger partial charge in [-0.1, -0.05) is 67.5 Å². The molecule has 0 fully saturated rings. The maximum atomic E-state index is 13.0. The third kappa shape index (κ3) is 4.57. The summed E-state index contributed by atoms with van der Waals surface area (Å²) < 4.78 is 17.2. The van der Waals surface area contributed by atoms with Crippen LogP contribution >= 0.6 is 0 Å². The Morgan fingerprint density at radius 3 is 1.38 bits per heavy atom. The highest BCUT2D eigenvalue weighted by Crippen LogP contribution is 2.52.